The molecule has 0 saturated carbocycles. The Bertz CT molecular complexity index is 694. The monoisotopic (exact) mass is 315 g/mol. The smallest absolute Gasteiger partial charge is 0.260 e. The summed E-state index contributed by atoms with van der Waals surface area (Å²) in [4.78, 5) is 26.7. The molecule has 4 nitrogen and oxygen atoms in total. The quantitative estimate of drug-likeness (QED) is 0.852. The summed E-state index contributed by atoms with van der Waals surface area (Å²) < 4.78 is 5.66. The average Bonchev–Trinajstić information content (AvgIpc) is 3.15. The number of likely N-dealkylation sites (N-methyl/N-ethyl adjacent to an activating group) is 1. The van der Waals surface area contributed by atoms with Gasteiger partial charge in [0.1, 0.15) is 5.75 Å². The van der Waals surface area contributed by atoms with Gasteiger partial charge < -0.3 is 9.64 Å². The molecule has 114 valence electrons. The molecule has 0 N–H and O–H groups in total. The number of carbonyl (C=O) groups excluding carboxylic acids is 2. The Balaban J connectivity index is 1.61. The molecule has 0 unspecified atom stereocenters. The van der Waals surface area contributed by atoms with Gasteiger partial charge in [-0.05, 0) is 23.9 Å². The molecule has 3 rings (SSSR count). The van der Waals surface area contributed by atoms with Crippen molar-refractivity contribution in [2.75, 3.05) is 13.7 Å². The third-order valence-corrected chi connectivity index (χ3v) is 4.65. The van der Waals surface area contributed by atoms with E-state index in [9.17, 15) is 9.59 Å². The first-order valence-electron chi connectivity index (χ1n) is 7.19. The molecule has 1 aromatic heterocycles. The van der Waals surface area contributed by atoms with E-state index in [4.69, 9.17) is 4.74 Å². The Hall–Kier alpha value is -2.14. The van der Waals surface area contributed by atoms with E-state index in [1.807, 2.05) is 29.6 Å². The third-order valence-electron chi connectivity index (χ3n) is 3.79. The largest absolute Gasteiger partial charge is 0.483 e. The van der Waals surface area contributed by atoms with Gasteiger partial charge in [-0.1, -0.05) is 18.2 Å². The van der Waals surface area contributed by atoms with Crippen molar-refractivity contribution in [1.29, 1.82) is 0 Å². The molecule has 0 aliphatic heterocycles. The number of amides is 1. The van der Waals surface area contributed by atoms with Crippen LogP contribution < -0.4 is 4.74 Å². The number of fused-ring (bicyclic) bond motifs is 1. The lowest BCUT2D eigenvalue weighted by Gasteiger charge is -2.17. The molecule has 1 aliphatic rings. The van der Waals surface area contributed by atoms with Crippen LogP contribution in [0.1, 0.15) is 27.2 Å². The van der Waals surface area contributed by atoms with Crippen LogP contribution in [0, 0.1) is 0 Å². The molecule has 1 amide bonds. The van der Waals surface area contributed by atoms with E-state index in [0.717, 1.165) is 16.0 Å². The fraction of sp³-hybridized carbons (Fsp3) is 0.294. The lowest BCUT2D eigenvalue weighted by Crippen LogP contribution is -2.30. The van der Waals surface area contributed by atoms with Gasteiger partial charge in [-0.25, -0.2) is 0 Å². The minimum Gasteiger partial charge on any atom is -0.483 e. The van der Waals surface area contributed by atoms with Crippen molar-refractivity contribution in [2.24, 2.45) is 0 Å². The standard InChI is InChI=1S/C17H17NO3S/c1-18(10-12-4-3-9-22-12)17(20)11-21-16-6-2-5-13-14(16)7-8-15(13)19/h2-6,9H,7-8,10-11H2,1H3. The zero-order valence-corrected chi connectivity index (χ0v) is 13.2. The highest BCUT2D eigenvalue weighted by atomic mass is 32.1. The second-order valence-corrected chi connectivity index (χ2v) is 6.36. The maximum Gasteiger partial charge on any atom is 0.260 e. The molecule has 0 fully saturated rings. The predicted molar refractivity (Wildman–Crippen MR) is 85.4 cm³/mol. The Labute approximate surface area is 133 Å². The number of hydrogen-bond donors (Lipinski definition) is 0. The van der Waals surface area contributed by atoms with Gasteiger partial charge in [-0.3, -0.25) is 9.59 Å². The van der Waals surface area contributed by atoms with Crippen LogP contribution in [0.25, 0.3) is 0 Å². The summed E-state index contributed by atoms with van der Waals surface area (Å²) in [6.07, 6.45) is 1.23. The number of Topliss-reactive ketones (excluding diaryl/α,β-unsaturated/α-hetero) is 1. The number of thiophene rings is 1. The Kier molecular flexibility index (Phi) is 4.24. The number of nitrogens with zero attached hydrogens (tertiary/aromatic N) is 1. The third kappa shape index (κ3) is 3.04. The van der Waals surface area contributed by atoms with Crippen LogP contribution in [-0.2, 0) is 17.8 Å². The molecule has 0 spiro atoms. The van der Waals surface area contributed by atoms with Gasteiger partial charge in [-0.2, -0.15) is 0 Å². The fourth-order valence-corrected chi connectivity index (χ4v) is 3.32. The number of benzene rings is 1. The summed E-state index contributed by atoms with van der Waals surface area (Å²) in [7, 11) is 1.77. The zero-order chi connectivity index (χ0) is 15.5. The summed E-state index contributed by atoms with van der Waals surface area (Å²) in [5.41, 5.74) is 1.66. The molecule has 1 aromatic carbocycles. The Morgan fingerprint density at radius 3 is 2.91 bits per heavy atom. The molecule has 22 heavy (non-hydrogen) atoms. The van der Waals surface area contributed by atoms with Crippen LogP contribution in [0.2, 0.25) is 0 Å². The maximum absolute atomic E-state index is 12.1. The van der Waals surface area contributed by atoms with E-state index in [2.05, 4.69) is 0 Å². The van der Waals surface area contributed by atoms with Gasteiger partial charge in [0, 0.05) is 29.5 Å². The summed E-state index contributed by atoms with van der Waals surface area (Å²) in [5, 5.41) is 1.99. The summed E-state index contributed by atoms with van der Waals surface area (Å²) in [6.45, 7) is 0.581. The summed E-state index contributed by atoms with van der Waals surface area (Å²) in [6, 6.07) is 9.42. The van der Waals surface area contributed by atoms with E-state index in [1.165, 1.54) is 0 Å². The fourth-order valence-electron chi connectivity index (χ4n) is 2.57. The van der Waals surface area contributed by atoms with Crippen LogP contribution in [0.5, 0.6) is 5.75 Å². The molecular weight excluding hydrogens is 298 g/mol. The van der Waals surface area contributed by atoms with Crippen molar-refractivity contribution < 1.29 is 14.3 Å². The summed E-state index contributed by atoms with van der Waals surface area (Å²) >= 11 is 1.63. The highest BCUT2D eigenvalue weighted by Crippen LogP contribution is 2.30. The van der Waals surface area contributed by atoms with Crippen LogP contribution in [0.4, 0.5) is 0 Å². The van der Waals surface area contributed by atoms with Crippen LogP contribution in [0.3, 0.4) is 0 Å². The van der Waals surface area contributed by atoms with Crippen LogP contribution in [0.15, 0.2) is 35.7 Å². The van der Waals surface area contributed by atoms with E-state index in [0.29, 0.717) is 25.1 Å². The van der Waals surface area contributed by atoms with Crippen molar-refractivity contribution in [3.8, 4) is 5.75 Å². The zero-order valence-electron chi connectivity index (χ0n) is 12.4. The second-order valence-electron chi connectivity index (χ2n) is 5.32. The average molecular weight is 315 g/mol. The lowest BCUT2D eigenvalue weighted by atomic mass is 10.1. The van der Waals surface area contributed by atoms with E-state index >= 15 is 0 Å². The second kappa shape index (κ2) is 6.32. The molecule has 0 atom stereocenters. The molecule has 0 bridgehead atoms. The SMILES string of the molecule is CN(Cc1cccs1)C(=O)COc1cccc2c1CCC2=O. The first-order chi connectivity index (χ1) is 10.6. The van der Waals surface area contributed by atoms with E-state index in [-0.39, 0.29) is 18.3 Å². The Morgan fingerprint density at radius 1 is 1.27 bits per heavy atom. The van der Waals surface area contributed by atoms with Gasteiger partial charge in [0.25, 0.3) is 5.91 Å². The van der Waals surface area contributed by atoms with Crippen LogP contribution >= 0.6 is 11.3 Å². The lowest BCUT2D eigenvalue weighted by molar-refractivity contribution is -0.132. The van der Waals surface area contributed by atoms with Crippen molar-refractivity contribution in [2.45, 2.75) is 19.4 Å². The first kappa shape index (κ1) is 14.8. The highest BCUT2D eigenvalue weighted by Gasteiger charge is 2.23. The van der Waals surface area contributed by atoms with Crippen molar-refractivity contribution in [1.82, 2.24) is 4.90 Å². The number of ether oxygens (including phenoxy) is 1. The normalized spacial score (nSPS) is 13.0. The molecule has 0 radical (unpaired) electrons. The maximum atomic E-state index is 12.1. The topological polar surface area (TPSA) is 46.6 Å². The van der Waals surface area contributed by atoms with Gasteiger partial charge in [0.2, 0.25) is 0 Å². The molecule has 5 heteroatoms. The van der Waals surface area contributed by atoms with Gasteiger partial charge >= 0.3 is 0 Å². The van der Waals surface area contributed by atoms with Crippen molar-refractivity contribution >= 4 is 23.0 Å². The molecule has 0 saturated heterocycles. The minimum atomic E-state index is -0.0738. The molecule has 2 aromatic rings. The highest BCUT2D eigenvalue weighted by molar-refractivity contribution is 7.09. The molecule has 1 aliphatic carbocycles. The van der Waals surface area contributed by atoms with E-state index in [1.54, 1.807) is 29.4 Å². The molecular formula is C17H17NO3S. The van der Waals surface area contributed by atoms with Crippen molar-refractivity contribution in [3.05, 3.63) is 51.7 Å². The van der Waals surface area contributed by atoms with Crippen molar-refractivity contribution in [3.63, 3.8) is 0 Å². The first-order valence-corrected chi connectivity index (χ1v) is 8.07. The number of rotatable bonds is 5. The van der Waals surface area contributed by atoms with Crippen LogP contribution in [-0.4, -0.2) is 30.2 Å². The van der Waals surface area contributed by atoms with Gasteiger partial charge in [0.05, 0.1) is 6.54 Å². The van der Waals surface area contributed by atoms with Gasteiger partial charge in [-0.15, -0.1) is 11.3 Å². The number of hydrogen-bond acceptors (Lipinski definition) is 4. The van der Waals surface area contributed by atoms with Gasteiger partial charge in [0.15, 0.2) is 12.4 Å². The Morgan fingerprint density at radius 2 is 2.14 bits per heavy atom. The predicted octanol–water partition coefficient (Wildman–Crippen LogP) is 2.91. The van der Waals surface area contributed by atoms with E-state index < -0.39 is 0 Å². The molecule has 1 heterocycles. The number of ketones is 1. The summed E-state index contributed by atoms with van der Waals surface area (Å²) in [5.74, 6) is 0.734. The number of carbonyl (C=O) groups is 2. The minimum absolute atomic E-state index is 0.00742.